The molecule has 9 aliphatic carbocycles. The summed E-state index contributed by atoms with van der Waals surface area (Å²) in [5.41, 5.74) is 0. The predicted molar refractivity (Wildman–Crippen MR) is 293 cm³/mol. The molecule has 9 saturated carbocycles. The first-order valence-electron chi connectivity index (χ1n) is 33.6. The van der Waals surface area contributed by atoms with Crippen molar-refractivity contribution in [3.8, 4) is 0 Å². The highest BCUT2D eigenvalue weighted by Crippen LogP contribution is 2.56. The topological polar surface area (TPSA) is 64.7 Å². The van der Waals surface area contributed by atoms with E-state index in [0.29, 0.717) is 23.7 Å². The molecule has 0 aromatic carbocycles. The van der Waals surface area contributed by atoms with E-state index in [9.17, 15) is 9.59 Å². The Morgan fingerprint density at radius 1 is 0.278 bits per heavy atom. The molecule has 4 heterocycles. The summed E-state index contributed by atoms with van der Waals surface area (Å²) in [4.78, 5) is 34.9. The molecule has 0 bridgehead atoms. The number of rotatable bonds is 10. The van der Waals surface area contributed by atoms with Crippen LogP contribution < -0.4 is 10.6 Å². The van der Waals surface area contributed by atoms with E-state index in [2.05, 4.69) is 20.4 Å². The maximum Gasteiger partial charge on any atom is 0.139 e. The summed E-state index contributed by atoms with van der Waals surface area (Å²) in [5, 5.41) is 7.77. The van der Waals surface area contributed by atoms with Gasteiger partial charge in [0.25, 0.3) is 0 Å². The van der Waals surface area contributed by atoms with Crippen molar-refractivity contribution in [2.75, 3.05) is 26.2 Å². The van der Waals surface area contributed by atoms with Crippen molar-refractivity contribution < 1.29 is 9.59 Å². The highest BCUT2D eigenvalue weighted by molar-refractivity contribution is 5.86. The number of nitrogens with one attached hydrogen (secondary N) is 2. The molecule has 0 aromatic heterocycles. The minimum Gasteiger partial charge on any atom is -0.316 e. The maximum absolute atomic E-state index is 14.3. The maximum atomic E-state index is 14.3. The molecule has 2 N–H and O–H groups in total. The van der Waals surface area contributed by atoms with Crippen LogP contribution in [0.1, 0.15) is 244 Å². The molecule has 4 aliphatic heterocycles. The Balaban J connectivity index is 0.553. The van der Waals surface area contributed by atoms with Crippen LogP contribution in [-0.2, 0) is 9.59 Å². The smallest absolute Gasteiger partial charge is 0.139 e. The Bertz CT molecular complexity index is 1640. The molecule has 0 spiro atoms. The van der Waals surface area contributed by atoms with Gasteiger partial charge in [0.05, 0.1) is 0 Å². The molecule has 10 unspecified atom stereocenters. The van der Waals surface area contributed by atoms with E-state index >= 15 is 0 Å². The minimum absolute atomic E-state index is 0.219. The van der Waals surface area contributed by atoms with Crippen molar-refractivity contribution in [3.05, 3.63) is 0 Å². The molecule has 13 rings (SSSR count). The third kappa shape index (κ3) is 10.2. The molecule has 4 saturated heterocycles. The van der Waals surface area contributed by atoms with E-state index in [1.807, 2.05) is 0 Å². The number of piperidine rings is 2. The molecule has 6 nitrogen and oxygen atoms in total. The first kappa shape index (κ1) is 50.7. The second-order valence-electron chi connectivity index (χ2n) is 29.5. The van der Waals surface area contributed by atoms with Crippen LogP contribution >= 0.6 is 0 Å². The van der Waals surface area contributed by atoms with Gasteiger partial charge in [-0.1, -0.05) is 64.2 Å². The Hall–Kier alpha value is -0.820. The molecular formula is C66H108N4O2. The van der Waals surface area contributed by atoms with Crippen LogP contribution in [0.5, 0.6) is 0 Å². The summed E-state index contributed by atoms with van der Waals surface area (Å²) >= 11 is 0. The number of hydrogen-bond donors (Lipinski definition) is 2. The van der Waals surface area contributed by atoms with Crippen molar-refractivity contribution in [2.24, 2.45) is 94.7 Å². The lowest BCUT2D eigenvalue weighted by Crippen LogP contribution is -2.51. The Labute approximate surface area is 440 Å². The number of nitrogens with zero attached hydrogens (tertiary/aromatic N) is 2. The summed E-state index contributed by atoms with van der Waals surface area (Å²) in [6.45, 7) is 4.91. The lowest BCUT2D eigenvalue weighted by atomic mass is 9.63. The Kier molecular flexibility index (Phi) is 16.1. The number of Topliss-reactive ketones (excluding diaryl/α,β-unsaturated/α-hetero) is 2. The number of carbonyl (C=O) groups excluding carboxylic acids is 2. The van der Waals surface area contributed by atoms with E-state index in [1.165, 1.54) is 193 Å². The lowest BCUT2D eigenvalue weighted by molar-refractivity contribution is -0.134. The zero-order valence-electron chi connectivity index (χ0n) is 46.1. The molecule has 6 heteroatoms. The van der Waals surface area contributed by atoms with Crippen LogP contribution in [0.3, 0.4) is 0 Å². The Morgan fingerprint density at radius 3 is 0.931 bits per heavy atom. The molecule has 404 valence electrons. The van der Waals surface area contributed by atoms with Gasteiger partial charge in [-0.15, -0.1) is 0 Å². The second kappa shape index (κ2) is 22.9. The monoisotopic (exact) mass is 989 g/mol. The van der Waals surface area contributed by atoms with E-state index in [4.69, 9.17) is 0 Å². The number of fused-ring (bicyclic) bond motifs is 6. The van der Waals surface area contributed by atoms with Gasteiger partial charge in [0.15, 0.2) is 0 Å². The highest BCUT2D eigenvalue weighted by atomic mass is 16.1. The number of carbonyl (C=O) groups is 2. The molecule has 13 fully saturated rings. The van der Waals surface area contributed by atoms with Crippen molar-refractivity contribution in [1.82, 2.24) is 20.4 Å². The fourth-order valence-corrected chi connectivity index (χ4v) is 22.9. The fourth-order valence-electron chi connectivity index (χ4n) is 22.9. The first-order chi connectivity index (χ1) is 35.5. The SMILES string of the molecule is O=C(C1CCC(C(=O)C2CCC(N3C4CCNCC4C4CC(C5CCC(C6CCCCC6)CC5)CCC43)CC2)CC1)C1CCC(N2C3CCNCC3C3CC(C4CCC(C5CCCCC5)CC4)CCC32)CC1. The molecule has 0 radical (unpaired) electrons. The van der Waals surface area contributed by atoms with Gasteiger partial charge in [-0.2, -0.15) is 0 Å². The van der Waals surface area contributed by atoms with Gasteiger partial charge in [0.1, 0.15) is 11.6 Å². The van der Waals surface area contributed by atoms with Crippen LogP contribution in [0.4, 0.5) is 0 Å². The fraction of sp³-hybridized carbons (Fsp3) is 0.970. The largest absolute Gasteiger partial charge is 0.316 e. The van der Waals surface area contributed by atoms with Crippen LogP contribution in [0.2, 0.25) is 0 Å². The van der Waals surface area contributed by atoms with Gasteiger partial charge in [-0.05, 0) is 277 Å². The molecule has 0 aromatic rings. The summed E-state index contributed by atoms with van der Waals surface area (Å²) in [6.07, 6.45) is 52.5. The quantitative estimate of drug-likeness (QED) is 0.227. The van der Waals surface area contributed by atoms with Crippen molar-refractivity contribution in [1.29, 1.82) is 0 Å². The summed E-state index contributed by atoms with van der Waals surface area (Å²) < 4.78 is 0. The third-order valence-corrected chi connectivity index (χ3v) is 26.6. The highest BCUT2D eigenvalue weighted by Gasteiger charge is 2.56. The molecule has 13 aliphatic rings. The summed E-state index contributed by atoms with van der Waals surface area (Å²) in [7, 11) is 0. The van der Waals surface area contributed by atoms with Gasteiger partial charge in [-0.3, -0.25) is 19.4 Å². The standard InChI is InChI=1S/C66H108N4O2/c71-65(51-23-29-55(30-24-51)69-61-33-27-53(39-57(61)59-41-67-37-35-63(59)69)47-15-11-45(12-16-47)43-7-3-1-4-8-43)49-19-21-50(22-20-49)66(72)52-25-31-56(32-26-52)70-62-34-28-54(40-58(62)60-42-68-38-36-64(60)70)48-17-13-46(14-18-48)44-9-5-2-6-10-44/h43-64,67-68H,1-42H2. The van der Waals surface area contributed by atoms with Crippen molar-refractivity contribution in [2.45, 2.75) is 280 Å². The average Bonchev–Trinajstić information content (AvgIpc) is 3.97. The number of ketones is 2. The molecule has 72 heavy (non-hydrogen) atoms. The zero-order valence-corrected chi connectivity index (χ0v) is 46.1. The number of likely N-dealkylation sites (tertiary alicyclic amines) is 2. The molecule has 0 amide bonds. The van der Waals surface area contributed by atoms with E-state index in [1.54, 1.807) is 25.7 Å². The second-order valence-corrected chi connectivity index (χ2v) is 29.5. The first-order valence-corrected chi connectivity index (χ1v) is 33.6. The van der Waals surface area contributed by atoms with Crippen molar-refractivity contribution >= 4 is 11.6 Å². The lowest BCUT2D eigenvalue weighted by Gasteiger charge is -2.46. The van der Waals surface area contributed by atoms with E-state index in [-0.39, 0.29) is 23.7 Å². The van der Waals surface area contributed by atoms with Gasteiger partial charge >= 0.3 is 0 Å². The number of hydrogen-bond acceptors (Lipinski definition) is 6. The van der Waals surface area contributed by atoms with Crippen LogP contribution in [0.25, 0.3) is 0 Å². The van der Waals surface area contributed by atoms with Crippen LogP contribution in [-0.4, -0.2) is 83.8 Å². The van der Waals surface area contributed by atoms with E-state index < -0.39 is 0 Å². The van der Waals surface area contributed by atoms with Crippen LogP contribution in [0, 0.1) is 94.7 Å². The van der Waals surface area contributed by atoms with Gasteiger partial charge in [-0.25, -0.2) is 0 Å². The van der Waals surface area contributed by atoms with Gasteiger partial charge in [0.2, 0.25) is 0 Å². The minimum atomic E-state index is 0.219. The summed E-state index contributed by atoms with van der Waals surface area (Å²) in [5.74, 6) is 13.9. The van der Waals surface area contributed by atoms with E-state index in [0.717, 1.165) is 147 Å². The van der Waals surface area contributed by atoms with Gasteiger partial charge in [0, 0.05) is 59.9 Å². The average molecular weight is 990 g/mol. The molecular weight excluding hydrogens is 881 g/mol. The predicted octanol–water partition coefficient (Wildman–Crippen LogP) is 14.0. The zero-order chi connectivity index (χ0) is 48.1. The van der Waals surface area contributed by atoms with Gasteiger partial charge < -0.3 is 10.6 Å². The van der Waals surface area contributed by atoms with Crippen LogP contribution in [0.15, 0.2) is 0 Å². The summed E-state index contributed by atoms with van der Waals surface area (Å²) in [6, 6.07) is 4.58. The molecule has 10 atom stereocenters. The Morgan fingerprint density at radius 2 is 0.569 bits per heavy atom. The normalized spacial score (nSPS) is 48.2. The third-order valence-electron chi connectivity index (χ3n) is 26.6. The van der Waals surface area contributed by atoms with Crippen molar-refractivity contribution in [3.63, 3.8) is 0 Å².